The molecule has 0 aromatic heterocycles. The molecular weight excluding hydrogens is 444 g/mol. The lowest BCUT2D eigenvalue weighted by Crippen LogP contribution is -2.21. The van der Waals surface area contributed by atoms with Gasteiger partial charge in [0.05, 0.1) is 12.5 Å². The number of hydrogen-bond donors (Lipinski definition) is 1. The summed E-state index contributed by atoms with van der Waals surface area (Å²) in [4.78, 5) is 12.8. The summed E-state index contributed by atoms with van der Waals surface area (Å²) in [5, 5.41) is 9.77. The number of ether oxygens (including phenoxy) is 4. The van der Waals surface area contributed by atoms with Gasteiger partial charge in [-0.15, -0.1) is 0 Å². The first-order chi connectivity index (χ1) is 17.0. The first-order valence-electron chi connectivity index (χ1n) is 11.0. The van der Waals surface area contributed by atoms with Crippen LogP contribution in [0.15, 0.2) is 90.8 Å². The van der Waals surface area contributed by atoms with E-state index in [1.165, 1.54) is 0 Å². The molecule has 0 radical (unpaired) electrons. The number of nitrogens with zero attached hydrogens (tertiary/aromatic N) is 1. The van der Waals surface area contributed by atoms with Crippen molar-refractivity contribution in [1.29, 1.82) is 5.26 Å². The Morgan fingerprint density at radius 2 is 1.86 bits per heavy atom. The number of allylic oxidation sites excluding steroid dienone is 1. The standard InChI is InChI=1S/C28H24N2O5/c1-3-15-33-19-11-9-18(10-12-19)26-21-14-13-20(16-25(21)35-27(30)23(26)17-29)34-28(31)22-7-5-6-8-24(22)32-4-2/h3,5-14,16,26H,1,4,15,30H2,2H3. The van der Waals surface area contributed by atoms with Gasteiger partial charge >= 0.3 is 5.97 Å². The van der Waals surface area contributed by atoms with Crippen molar-refractivity contribution < 1.29 is 23.7 Å². The zero-order chi connectivity index (χ0) is 24.8. The van der Waals surface area contributed by atoms with E-state index in [-0.39, 0.29) is 11.6 Å². The van der Waals surface area contributed by atoms with Gasteiger partial charge in [-0.3, -0.25) is 0 Å². The first-order valence-corrected chi connectivity index (χ1v) is 11.0. The number of esters is 1. The molecule has 35 heavy (non-hydrogen) atoms. The molecule has 1 atom stereocenters. The van der Waals surface area contributed by atoms with Crippen molar-refractivity contribution in [3.8, 4) is 29.1 Å². The molecule has 0 bridgehead atoms. The third kappa shape index (κ3) is 4.97. The zero-order valence-corrected chi connectivity index (χ0v) is 19.2. The van der Waals surface area contributed by atoms with E-state index in [0.717, 1.165) is 11.1 Å². The van der Waals surface area contributed by atoms with E-state index in [4.69, 9.17) is 24.7 Å². The quantitative estimate of drug-likeness (QED) is 0.279. The highest BCUT2D eigenvalue weighted by Gasteiger charge is 2.31. The molecule has 0 saturated heterocycles. The van der Waals surface area contributed by atoms with Crippen LogP contribution in [0.4, 0.5) is 0 Å². The molecule has 0 aliphatic carbocycles. The zero-order valence-electron chi connectivity index (χ0n) is 19.2. The van der Waals surface area contributed by atoms with Crippen LogP contribution in [0.25, 0.3) is 0 Å². The van der Waals surface area contributed by atoms with Crippen LogP contribution in [0.1, 0.15) is 34.3 Å². The van der Waals surface area contributed by atoms with Crippen LogP contribution in [0.2, 0.25) is 0 Å². The molecule has 2 N–H and O–H groups in total. The van der Waals surface area contributed by atoms with Gasteiger partial charge in [0, 0.05) is 11.6 Å². The summed E-state index contributed by atoms with van der Waals surface area (Å²) in [7, 11) is 0. The molecule has 1 aliphatic rings. The average molecular weight is 469 g/mol. The number of rotatable bonds is 8. The average Bonchev–Trinajstić information content (AvgIpc) is 2.87. The van der Waals surface area contributed by atoms with Crippen LogP contribution < -0.4 is 24.7 Å². The van der Waals surface area contributed by atoms with Crippen molar-refractivity contribution in [3.63, 3.8) is 0 Å². The van der Waals surface area contributed by atoms with E-state index < -0.39 is 11.9 Å². The van der Waals surface area contributed by atoms with Crippen molar-refractivity contribution >= 4 is 5.97 Å². The van der Waals surface area contributed by atoms with Crippen molar-refractivity contribution in [1.82, 2.24) is 0 Å². The van der Waals surface area contributed by atoms with Crippen molar-refractivity contribution in [2.24, 2.45) is 5.73 Å². The van der Waals surface area contributed by atoms with Crippen LogP contribution in [-0.4, -0.2) is 19.2 Å². The molecule has 0 spiro atoms. The summed E-state index contributed by atoms with van der Waals surface area (Å²) in [5.41, 5.74) is 8.28. The van der Waals surface area contributed by atoms with Gasteiger partial charge in [0.1, 0.15) is 46.8 Å². The lowest BCUT2D eigenvalue weighted by Gasteiger charge is -2.26. The van der Waals surface area contributed by atoms with Gasteiger partial charge in [-0.25, -0.2) is 4.79 Å². The van der Waals surface area contributed by atoms with E-state index in [2.05, 4.69) is 12.6 Å². The molecule has 7 nitrogen and oxygen atoms in total. The monoisotopic (exact) mass is 468 g/mol. The molecule has 1 heterocycles. The van der Waals surface area contributed by atoms with E-state index >= 15 is 0 Å². The Hall–Kier alpha value is -4.70. The number of hydrogen-bond acceptors (Lipinski definition) is 7. The van der Waals surface area contributed by atoms with E-state index in [1.807, 2.05) is 31.2 Å². The van der Waals surface area contributed by atoms with Crippen molar-refractivity contribution in [3.05, 3.63) is 108 Å². The summed E-state index contributed by atoms with van der Waals surface area (Å²) in [6, 6.07) is 21.5. The Kier molecular flexibility index (Phi) is 7.03. The van der Waals surface area contributed by atoms with Crippen LogP contribution in [0.5, 0.6) is 23.0 Å². The van der Waals surface area contributed by atoms with Crippen molar-refractivity contribution in [2.45, 2.75) is 12.8 Å². The molecule has 7 heteroatoms. The fourth-order valence-electron chi connectivity index (χ4n) is 3.83. The highest BCUT2D eigenvalue weighted by Crippen LogP contribution is 2.43. The SMILES string of the molecule is C=CCOc1ccc(C2C(C#N)=C(N)Oc3cc(OC(=O)c4ccccc4OCC)ccc32)cc1. The maximum absolute atomic E-state index is 12.8. The third-order valence-corrected chi connectivity index (χ3v) is 5.39. The second-order valence-electron chi connectivity index (χ2n) is 7.61. The molecule has 3 aromatic rings. The van der Waals surface area contributed by atoms with Gasteiger partial charge in [-0.2, -0.15) is 5.26 Å². The van der Waals surface area contributed by atoms with E-state index in [0.29, 0.717) is 41.6 Å². The first kappa shape index (κ1) is 23.5. The normalized spacial score (nSPS) is 14.2. The highest BCUT2D eigenvalue weighted by atomic mass is 16.5. The van der Waals surface area contributed by atoms with E-state index in [1.54, 1.807) is 48.5 Å². The number of nitriles is 1. The van der Waals surface area contributed by atoms with Gasteiger partial charge in [0.25, 0.3) is 0 Å². The summed E-state index contributed by atoms with van der Waals surface area (Å²) in [5.74, 6) is 0.814. The Bertz CT molecular complexity index is 1320. The molecule has 176 valence electrons. The summed E-state index contributed by atoms with van der Waals surface area (Å²) < 4.78 is 22.4. The number of fused-ring (bicyclic) bond motifs is 1. The lowest BCUT2D eigenvalue weighted by molar-refractivity contribution is 0.0730. The minimum atomic E-state index is -0.558. The minimum Gasteiger partial charge on any atom is -0.493 e. The van der Waals surface area contributed by atoms with Gasteiger partial charge in [0.2, 0.25) is 5.88 Å². The predicted molar refractivity (Wildman–Crippen MR) is 130 cm³/mol. The van der Waals surface area contributed by atoms with E-state index in [9.17, 15) is 10.1 Å². The van der Waals surface area contributed by atoms with Crippen LogP contribution in [0, 0.1) is 11.3 Å². The lowest BCUT2D eigenvalue weighted by atomic mass is 9.83. The van der Waals surface area contributed by atoms with Gasteiger partial charge in [-0.1, -0.05) is 43.0 Å². The maximum Gasteiger partial charge on any atom is 0.347 e. The number of para-hydroxylation sites is 1. The fraction of sp³-hybridized carbons (Fsp3) is 0.143. The highest BCUT2D eigenvalue weighted by molar-refractivity contribution is 5.94. The second-order valence-corrected chi connectivity index (χ2v) is 7.61. The Balaban J connectivity index is 1.64. The molecule has 1 unspecified atom stereocenters. The molecule has 3 aromatic carbocycles. The predicted octanol–water partition coefficient (Wildman–Crippen LogP) is 5.09. The number of carbonyl (C=O) groups excluding carboxylic acids is 1. The second kappa shape index (κ2) is 10.5. The molecule has 4 rings (SSSR count). The van der Waals surface area contributed by atoms with Gasteiger partial charge < -0.3 is 24.7 Å². The Morgan fingerprint density at radius 3 is 2.57 bits per heavy atom. The Labute approximate surface area is 203 Å². The molecule has 0 saturated carbocycles. The molecule has 0 amide bonds. The van der Waals surface area contributed by atoms with Gasteiger partial charge in [0.15, 0.2) is 0 Å². The molecular formula is C28H24N2O5. The third-order valence-electron chi connectivity index (χ3n) is 5.39. The smallest absolute Gasteiger partial charge is 0.347 e. The number of carbonyl (C=O) groups is 1. The summed E-state index contributed by atoms with van der Waals surface area (Å²) >= 11 is 0. The molecule has 0 fully saturated rings. The maximum atomic E-state index is 12.8. The van der Waals surface area contributed by atoms with Gasteiger partial charge in [-0.05, 0) is 42.8 Å². The van der Waals surface area contributed by atoms with Crippen molar-refractivity contribution in [2.75, 3.05) is 13.2 Å². The number of benzene rings is 3. The minimum absolute atomic E-state index is 0.00199. The summed E-state index contributed by atoms with van der Waals surface area (Å²) in [6.45, 7) is 6.30. The van der Waals surface area contributed by atoms with Crippen LogP contribution in [0.3, 0.4) is 0 Å². The summed E-state index contributed by atoms with van der Waals surface area (Å²) in [6.07, 6.45) is 1.67. The topological polar surface area (TPSA) is 104 Å². The van der Waals surface area contributed by atoms with Crippen LogP contribution in [-0.2, 0) is 0 Å². The largest absolute Gasteiger partial charge is 0.493 e. The Morgan fingerprint density at radius 1 is 1.11 bits per heavy atom. The molecule has 1 aliphatic heterocycles. The van der Waals surface area contributed by atoms with Crippen LogP contribution >= 0.6 is 0 Å². The number of nitrogens with two attached hydrogens (primary N) is 1. The fourth-order valence-corrected chi connectivity index (χ4v) is 3.83.